The number of allylic oxidation sites excluding steroid dienone is 1. The molecule has 2 N–H and O–H groups in total. The van der Waals surface area contributed by atoms with E-state index >= 15 is 0 Å². The van der Waals surface area contributed by atoms with Crippen LogP contribution in [-0.2, 0) is 19.4 Å². The molecule has 0 spiro atoms. The summed E-state index contributed by atoms with van der Waals surface area (Å²) in [6.45, 7) is 5.30. The molecule has 0 saturated carbocycles. The van der Waals surface area contributed by atoms with Crippen molar-refractivity contribution in [2.75, 3.05) is 0 Å². The van der Waals surface area contributed by atoms with Crippen LogP contribution in [-0.4, -0.2) is 21.1 Å². The zero-order valence-corrected chi connectivity index (χ0v) is 13.9. The molecule has 0 amide bonds. The lowest BCUT2D eigenvalue weighted by Gasteiger charge is -2.30. The molecule has 0 fully saturated rings. The second-order valence-electron chi connectivity index (χ2n) is 7.16. The minimum Gasteiger partial charge on any atom is -0.365 e. The van der Waals surface area contributed by atoms with Crippen LogP contribution in [0, 0.1) is 5.41 Å². The number of aromatic nitrogens is 1. The van der Waals surface area contributed by atoms with E-state index in [0.29, 0.717) is 12.0 Å². The van der Waals surface area contributed by atoms with Gasteiger partial charge in [-0.05, 0) is 47.9 Å². The van der Waals surface area contributed by atoms with Crippen molar-refractivity contribution < 1.29 is 10.2 Å². The third-order valence-electron chi connectivity index (χ3n) is 4.68. The monoisotopic (exact) mass is 311 g/mol. The largest absolute Gasteiger partial charge is 0.365 e. The van der Waals surface area contributed by atoms with Crippen LogP contribution in [0.3, 0.4) is 0 Å². The van der Waals surface area contributed by atoms with E-state index in [9.17, 15) is 0 Å². The molecule has 0 bridgehead atoms. The molecule has 1 aromatic heterocycles. The van der Waals surface area contributed by atoms with Gasteiger partial charge in [0.05, 0.1) is 0 Å². The molecule has 0 unspecified atom stereocenters. The molecule has 1 aromatic carbocycles. The van der Waals surface area contributed by atoms with Crippen molar-refractivity contribution in [1.82, 2.24) is 4.57 Å². The average Bonchev–Trinajstić information content (AvgIpc) is 2.85. The molecule has 23 heavy (non-hydrogen) atoms. The summed E-state index contributed by atoms with van der Waals surface area (Å²) in [7, 11) is 0. The highest BCUT2D eigenvalue weighted by molar-refractivity contribution is 5.63. The Morgan fingerprint density at radius 2 is 1.96 bits per heavy atom. The number of rotatable bonds is 4. The first-order chi connectivity index (χ1) is 11.0. The molecule has 122 valence electrons. The number of nitrogens with zero attached hydrogens (tertiary/aromatic N) is 1. The van der Waals surface area contributed by atoms with Gasteiger partial charge < -0.3 is 14.8 Å². The SMILES string of the molecule is CC1(C)CCc2cc(-c3ccccc3)n(C/C=C/C(O)O)c2C1. The van der Waals surface area contributed by atoms with Gasteiger partial charge in [-0.2, -0.15) is 0 Å². The van der Waals surface area contributed by atoms with Gasteiger partial charge in [0.1, 0.15) is 0 Å². The van der Waals surface area contributed by atoms with Crippen LogP contribution >= 0.6 is 0 Å². The van der Waals surface area contributed by atoms with Crippen molar-refractivity contribution in [3.8, 4) is 11.3 Å². The van der Waals surface area contributed by atoms with E-state index in [-0.39, 0.29) is 0 Å². The molecular formula is C20H25NO2. The molecule has 0 radical (unpaired) electrons. The third-order valence-corrected chi connectivity index (χ3v) is 4.68. The standard InChI is InChI=1S/C20H25NO2/c1-20(2)11-10-16-13-17(15-7-4-3-5-8-15)21(18(16)14-20)12-6-9-19(22)23/h3-9,13,19,22-23H,10-12,14H2,1-2H3/b9-6+. The zero-order chi connectivity index (χ0) is 16.4. The summed E-state index contributed by atoms with van der Waals surface area (Å²) < 4.78 is 2.32. The van der Waals surface area contributed by atoms with Gasteiger partial charge in [0.15, 0.2) is 6.29 Å². The van der Waals surface area contributed by atoms with Gasteiger partial charge in [-0.25, -0.2) is 0 Å². The van der Waals surface area contributed by atoms with Crippen LogP contribution in [0.4, 0.5) is 0 Å². The van der Waals surface area contributed by atoms with E-state index in [2.05, 4.69) is 48.7 Å². The molecule has 1 heterocycles. The average molecular weight is 311 g/mol. The number of aliphatic hydroxyl groups is 2. The van der Waals surface area contributed by atoms with Crippen LogP contribution in [0.1, 0.15) is 31.5 Å². The quantitative estimate of drug-likeness (QED) is 0.670. The Morgan fingerprint density at radius 1 is 1.22 bits per heavy atom. The minimum absolute atomic E-state index is 0.317. The normalized spacial score (nSPS) is 16.9. The van der Waals surface area contributed by atoms with Crippen molar-refractivity contribution in [2.24, 2.45) is 5.41 Å². The van der Waals surface area contributed by atoms with Gasteiger partial charge in [-0.15, -0.1) is 0 Å². The van der Waals surface area contributed by atoms with E-state index in [4.69, 9.17) is 10.2 Å². The molecule has 2 aromatic rings. The van der Waals surface area contributed by atoms with Gasteiger partial charge in [0.25, 0.3) is 0 Å². The molecule has 0 aliphatic heterocycles. The number of fused-ring (bicyclic) bond motifs is 1. The first kappa shape index (κ1) is 16.0. The van der Waals surface area contributed by atoms with Gasteiger partial charge in [0.2, 0.25) is 0 Å². The predicted molar refractivity (Wildman–Crippen MR) is 93.0 cm³/mol. The highest BCUT2D eigenvalue weighted by atomic mass is 16.5. The van der Waals surface area contributed by atoms with Crippen molar-refractivity contribution >= 4 is 0 Å². The Labute approximate surface area is 137 Å². The van der Waals surface area contributed by atoms with E-state index in [0.717, 1.165) is 12.8 Å². The van der Waals surface area contributed by atoms with Crippen LogP contribution < -0.4 is 0 Å². The smallest absolute Gasteiger partial charge is 0.171 e. The van der Waals surface area contributed by atoms with Gasteiger partial charge in [-0.1, -0.05) is 50.3 Å². The van der Waals surface area contributed by atoms with Crippen molar-refractivity contribution in [3.05, 3.63) is 59.8 Å². The van der Waals surface area contributed by atoms with E-state index < -0.39 is 6.29 Å². The van der Waals surface area contributed by atoms with E-state index in [1.807, 2.05) is 12.1 Å². The summed E-state index contributed by atoms with van der Waals surface area (Å²) in [4.78, 5) is 0. The zero-order valence-electron chi connectivity index (χ0n) is 13.9. The highest BCUT2D eigenvalue weighted by Crippen LogP contribution is 2.38. The number of benzene rings is 1. The fraction of sp³-hybridized carbons (Fsp3) is 0.400. The van der Waals surface area contributed by atoms with Gasteiger partial charge in [-0.3, -0.25) is 0 Å². The number of hydrogen-bond donors (Lipinski definition) is 2. The van der Waals surface area contributed by atoms with E-state index in [1.54, 1.807) is 0 Å². The summed E-state index contributed by atoms with van der Waals surface area (Å²) in [6.07, 6.45) is 5.25. The Bertz CT molecular complexity index is 696. The second kappa shape index (κ2) is 6.34. The lowest BCUT2D eigenvalue weighted by atomic mass is 9.77. The fourth-order valence-electron chi connectivity index (χ4n) is 3.43. The molecule has 3 nitrogen and oxygen atoms in total. The number of aryl methyl sites for hydroxylation is 1. The summed E-state index contributed by atoms with van der Waals surface area (Å²) in [5.74, 6) is 0. The topological polar surface area (TPSA) is 45.4 Å². The van der Waals surface area contributed by atoms with Gasteiger partial charge >= 0.3 is 0 Å². The third kappa shape index (κ3) is 3.57. The maximum absolute atomic E-state index is 9.05. The fourth-order valence-corrected chi connectivity index (χ4v) is 3.43. The maximum Gasteiger partial charge on any atom is 0.171 e. The van der Waals surface area contributed by atoms with Crippen LogP contribution in [0.5, 0.6) is 0 Å². The minimum atomic E-state index is -1.39. The molecule has 3 rings (SSSR count). The molecule has 0 saturated heterocycles. The Hall–Kier alpha value is -1.84. The summed E-state index contributed by atoms with van der Waals surface area (Å²) in [6, 6.07) is 12.7. The Kier molecular flexibility index (Phi) is 4.42. The summed E-state index contributed by atoms with van der Waals surface area (Å²) in [5, 5.41) is 18.1. The van der Waals surface area contributed by atoms with Crippen molar-refractivity contribution in [3.63, 3.8) is 0 Å². The second-order valence-corrected chi connectivity index (χ2v) is 7.16. The van der Waals surface area contributed by atoms with E-state index in [1.165, 1.54) is 35.0 Å². The number of aliphatic hydroxyl groups excluding tert-OH is 1. The highest BCUT2D eigenvalue weighted by Gasteiger charge is 2.29. The first-order valence-electron chi connectivity index (χ1n) is 8.26. The lowest BCUT2D eigenvalue weighted by Crippen LogP contribution is -2.23. The number of hydrogen-bond acceptors (Lipinski definition) is 2. The Balaban J connectivity index is 2.04. The lowest BCUT2D eigenvalue weighted by molar-refractivity contribution is 0.00213. The summed E-state index contributed by atoms with van der Waals surface area (Å²) in [5.41, 5.74) is 5.55. The summed E-state index contributed by atoms with van der Waals surface area (Å²) >= 11 is 0. The van der Waals surface area contributed by atoms with Crippen LogP contribution in [0.15, 0.2) is 48.6 Å². The van der Waals surface area contributed by atoms with Gasteiger partial charge in [0, 0.05) is 17.9 Å². The van der Waals surface area contributed by atoms with Crippen molar-refractivity contribution in [2.45, 2.75) is 45.9 Å². The molecule has 1 aliphatic carbocycles. The van der Waals surface area contributed by atoms with Crippen molar-refractivity contribution in [1.29, 1.82) is 0 Å². The molecule has 1 aliphatic rings. The molecule has 0 atom stereocenters. The Morgan fingerprint density at radius 3 is 2.65 bits per heavy atom. The molecular weight excluding hydrogens is 286 g/mol. The first-order valence-corrected chi connectivity index (χ1v) is 8.26. The maximum atomic E-state index is 9.05. The molecule has 3 heteroatoms. The van der Waals surface area contributed by atoms with Crippen LogP contribution in [0.25, 0.3) is 11.3 Å². The predicted octanol–water partition coefficient (Wildman–Crippen LogP) is 3.54. The van der Waals surface area contributed by atoms with Crippen LogP contribution in [0.2, 0.25) is 0 Å².